The molecule has 0 aliphatic carbocycles. The molecule has 0 bridgehead atoms. The Morgan fingerprint density at radius 1 is 1.18 bits per heavy atom. The molecule has 0 fully saturated rings. The molecule has 0 amide bonds. The molecule has 17 heavy (non-hydrogen) atoms. The van der Waals surface area contributed by atoms with E-state index in [1.807, 2.05) is 19.1 Å². The second kappa shape index (κ2) is 6.00. The van der Waals surface area contributed by atoms with Gasteiger partial charge in [0.25, 0.3) is 0 Å². The molecule has 0 unspecified atom stereocenters. The summed E-state index contributed by atoms with van der Waals surface area (Å²) in [5, 5.41) is 2.37. The van der Waals surface area contributed by atoms with Crippen molar-refractivity contribution in [3.05, 3.63) is 35.4 Å². The van der Waals surface area contributed by atoms with Crippen LogP contribution in [0.25, 0.3) is 0 Å². The molecule has 0 saturated carbocycles. The number of hydrogen-bond donors (Lipinski definition) is 1. The molecule has 5 heteroatoms. The van der Waals surface area contributed by atoms with E-state index in [9.17, 15) is 17.6 Å². The molecule has 0 aromatic heterocycles. The summed E-state index contributed by atoms with van der Waals surface area (Å²) in [6.45, 7) is 1.11. The number of aryl methyl sites for hydroxylation is 1. The molecular formula is C12H15F4N. The van der Waals surface area contributed by atoms with E-state index < -0.39 is 18.9 Å². The van der Waals surface area contributed by atoms with Crippen molar-refractivity contribution in [2.75, 3.05) is 6.54 Å². The molecule has 1 aromatic carbocycles. The third-order valence-electron chi connectivity index (χ3n) is 2.49. The van der Waals surface area contributed by atoms with Crippen LogP contribution in [-0.4, -0.2) is 18.9 Å². The van der Waals surface area contributed by atoms with E-state index in [0.717, 1.165) is 17.5 Å². The fraction of sp³-hybridized carbons (Fsp3) is 0.500. The van der Waals surface area contributed by atoms with Gasteiger partial charge < -0.3 is 5.32 Å². The predicted molar refractivity (Wildman–Crippen MR) is 58.5 cm³/mol. The molecule has 1 aromatic rings. The average molecular weight is 249 g/mol. The minimum absolute atomic E-state index is 0.173. The van der Waals surface area contributed by atoms with Crippen LogP contribution < -0.4 is 5.32 Å². The van der Waals surface area contributed by atoms with Gasteiger partial charge in [-0.2, -0.15) is 8.78 Å². The van der Waals surface area contributed by atoms with Crippen LogP contribution in [0.15, 0.2) is 24.3 Å². The lowest BCUT2D eigenvalue weighted by Gasteiger charge is -2.16. The Hall–Kier alpha value is -1.10. The van der Waals surface area contributed by atoms with Gasteiger partial charge in [-0.3, -0.25) is 0 Å². The lowest BCUT2D eigenvalue weighted by molar-refractivity contribution is -0.125. The lowest BCUT2D eigenvalue weighted by atomic mass is 10.1. The van der Waals surface area contributed by atoms with E-state index in [1.165, 1.54) is 0 Å². The molecule has 0 radical (unpaired) electrons. The van der Waals surface area contributed by atoms with Crippen LogP contribution in [0.1, 0.15) is 18.1 Å². The van der Waals surface area contributed by atoms with Gasteiger partial charge in [0.2, 0.25) is 0 Å². The molecule has 1 N–H and O–H groups in total. The molecule has 96 valence electrons. The minimum atomic E-state index is -3.97. The van der Waals surface area contributed by atoms with Crippen molar-refractivity contribution in [2.24, 2.45) is 0 Å². The molecule has 0 saturated heterocycles. The van der Waals surface area contributed by atoms with Gasteiger partial charge in [-0.25, -0.2) is 8.78 Å². The summed E-state index contributed by atoms with van der Waals surface area (Å²) < 4.78 is 49.0. The number of rotatable bonds is 6. The van der Waals surface area contributed by atoms with Gasteiger partial charge in [-0.15, -0.1) is 0 Å². The molecule has 0 aliphatic rings. The molecule has 1 nitrogen and oxygen atoms in total. The zero-order valence-corrected chi connectivity index (χ0v) is 9.52. The maximum absolute atomic E-state index is 12.6. The first-order valence-electron chi connectivity index (χ1n) is 5.41. The monoisotopic (exact) mass is 249 g/mol. The fourth-order valence-electron chi connectivity index (χ4n) is 1.52. The van der Waals surface area contributed by atoms with Crippen LogP contribution in [0, 0.1) is 0 Å². The number of halogens is 4. The molecule has 0 spiro atoms. The van der Waals surface area contributed by atoms with Gasteiger partial charge in [0.05, 0.1) is 6.54 Å². The number of hydrogen-bond acceptors (Lipinski definition) is 1. The van der Waals surface area contributed by atoms with Crippen LogP contribution in [0.2, 0.25) is 0 Å². The predicted octanol–water partition coefficient (Wildman–Crippen LogP) is 3.24. The van der Waals surface area contributed by atoms with Crippen molar-refractivity contribution in [2.45, 2.75) is 32.2 Å². The van der Waals surface area contributed by atoms with E-state index >= 15 is 0 Å². The van der Waals surface area contributed by atoms with Crippen molar-refractivity contribution < 1.29 is 17.6 Å². The first-order chi connectivity index (χ1) is 7.97. The molecular weight excluding hydrogens is 234 g/mol. The third-order valence-corrected chi connectivity index (χ3v) is 2.49. The Labute approximate surface area is 97.8 Å². The Kier molecular flexibility index (Phi) is 4.93. The Morgan fingerprint density at radius 3 is 2.29 bits per heavy atom. The second-order valence-electron chi connectivity index (χ2n) is 3.79. The van der Waals surface area contributed by atoms with Crippen molar-refractivity contribution >= 4 is 0 Å². The fourth-order valence-corrected chi connectivity index (χ4v) is 1.52. The smallest absolute Gasteiger partial charge is 0.307 e. The van der Waals surface area contributed by atoms with Gasteiger partial charge in [-0.05, 0) is 17.5 Å². The van der Waals surface area contributed by atoms with Gasteiger partial charge in [0.15, 0.2) is 0 Å². The van der Waals surface area contributed by atoms with E-state index in [-0.39, 0.29) is 6.54 Å². The van der Waals surface area contributed by atoms with Gasteiger partial charge in [-0.1, -0.05) is 31.2 Å². The van der Waals surface area contributed by atoms with Gasteiger partial charge in [0.1, 0.15) is 0 Å². The summed E-state index contributed by atoms with van der Waals surface area (Å²) in [6, 6.07) is 7.34. The highest BCUT2D eigenvalue weighted by Crippen LogP contribution is 2.21. The van der Waals surface area contributed by atoms with E-state index in [1.54, 1.807) is 12.1 Å². The van der Waals surface area contributed by atoms with Crippen LogP contribution in [0.5, 0.6) is 0 Å². The summed E-state index contributed by atoms with van der Waals surface area (Å²) >= 11 is 0. The highest BCUT2D eigenvalue weighted by atomic mass is 19.3. The minimum Gasteiger partial charge on any atom is -0.307 e. The zero-order chi connectivity index (χ0) is 12.9. The summed E-state index contributed by atoms with van der Waals surface area (Å²) in [6.07, 6.45) is -2.85. The summed E-state index contributed by atoms with van der Waals surface area (Å²) in [5.74, 6) is -3.97. The maximum Gasteiger partial charge on any atom is 0.319 e. The van der Waals surface area contributed by atoms with E-state index in [2.05, 4.69) is 5.32 Å². The van der Waals surface area contributed by atoms with Crippen LogP contribution >= 0.6 is 0 Å². The maximum atomic E-state index is 12.6. The number of nitrogens with one attached hydrogen (secondary N) is 1. The van der Waals surface area contributed by atoms with Crippen molar-refractivity contribution in [3.63, 3.8) is 0 Å². The van der Waals surface area contributed by atoms with Crippen LogP contribution in [0.4, 0.5) is 17.6 Å². The normalized spacial score (nSPS) is 12.1. The zero-order valence-electron chi connectivity index (χ0n) is 9.52. The van der Waals surface area contributed by atoms with Crippen LogP contribution in [0.3, 0.4) is 0 Å². The Bertz CT molecular complexity index is 352. The highest BCUT2D eigenvalue weighted by molar-refractivity contribution is 5.26. The van der Waals surface area contributed by atoms with Crippen molar-refractivity contribution in [3.8, 4) is 0 Å². The van der Waals surface area contributed by atoms with Gasteiger partial charge >= 0.3 is 12.3 Å². The third kappa shape index (κ3) is 4.00. The topological polar surface area (TPSA) is 12.0 Å². The van der Waals surface area contributed by atoms with E-state index in [0.29, 0.717) is 0 Å². The first kappa shape index (κ1) is 14.0. The summed E-state index contributed by atoms with van der Waals surface area (Å²) in [5.41, 5.74) is 1.89. The quantitative estimate of drug-likeness (QED) is 0.763. The van der Waals surface area contributed by atoms with Crippen LogP contribution in [-0.2, 0) is 13.0 Å². The SMILES string of the molecule is CCc1ccccc1CNCC(F)(F)C(F)F. The van der Waals surface area contributed by atoms with E-state index in [4.69, 9.17) is 0 Å². The summed E-state index contributed by atoms with van der Waals surface area (Å²) in [4.78, 5) is 0. The number of benzene rings is 1. The molecule has 1 rings (SSSR count). The van der Waals surface area contributed by atoms with Gasteiger partial charge in [0, 0.05) is 6.54 Å². The highest BCUT2D eigenvalue weighted by Gasteiger charge is 2.39. The first-order valence-corrected chi connectivity index (χ1v) is 5.41. The lowest BCUT2D eigenvalue weighted by Crippen LogP contribution is -2.38. The molecule has 0 aliphatic heterocycles. The Morgan fingerprint density at radius 2 is 1.76 bits per heavy atom. The second-order valence-corrected chi connectivity index (χ2v) is 3.79. The summed E-state index contributed by atoms with van der Waals surface area (Å²) in [7, 11) is 0. The standard InChI is InChI=1S/C12H15F4N/c1-2-9-5-3-4-6-10(9)7-17-8-12(15,16)11(13)14/h3-6,11,17H,2,7-8H2,1H3. The van der Waals surface area contributed by atoms with Crippen molar-refractivity contribution in [1.82, 2.24) is 5.32 Å². The Balaban J connectivity index is 2.51. The molecule has 0 atom stereocenters. The largest absolute Gasteiger partial charge is 0.319 e. The number of alkyl halides is 4. The molecule has 0 heterocycles. The van der Waals surface area contributed by atoms with Crippen molar-refractivity contribution in [1.29, 1.82) is 0 Å². The average Bonchev–Trinajstić information content (AvgIpc) is 2.29.